The monoisotopic (exact) mass is 300 g/mol. The third-order valence-corrected chi connectivity index (χ3v) is 3.72. The highest BCUT2D eigenvalue weighted by Crippen LogP contribution is 2.27. The fourth-order valence-electron chi connectivity index (χ4n) is 2.44. The summed E-state index contributed by atoms with van der Waals surface area (Å²) >= 11 is 0. The van der Waals surface area contributed by atoms with Crippen LogP contribution in [0.5, 0.6) is 11.5 Å². The molecule has 0 bridgehead atoms. The molecule has 0 spiro atoms. The van der Waals surface area contributed by atoms with Crippen LogP contribution < -0.4 is 15.2 Å². The lowest BCUT2D eigenvalue weighted by Gasteiger charge is -2.18. The Morgan fingerprint density at radius 2 is 1.73 bits per heavy atom. The Balaban J connectivity index is 1.94. The van der Waals surface area contributed by atoms with Gasteiger partial charge in [-0.15, -0.1) is 0 Å². The van der Waals surface area contributed by atoms with Crippen molar-refractivity contribution in [3.63, 3.8) is 0 Å². The highest BCUT2D eigenvalue weighted by Gasteiger charge is 2.07. The molecule has 0 amide bonds. The lowest BCUT2D eigenvalue weighted by atomic mass is 10.1. The van der Waals surface area contributed by atoms with Crippen molar-refractivity contribution in [2.45, 2.75) is 13.0 Å². The molecular formula is C18H24N2O2. The van der Waals surface area contributed by atoms with E-state index >= 15 is 0 Å². The SMILES string of the molecule is COc1ccc(CN(C)CCc2ccccc2N)cc1OC. The van der Waals surface area contributed by atoms with Crippen molar-refractivity contribution >= 4 is 5.69 Å². The maximum Gasteiger partial charge on any atom is 0.161 e. The molecule has 0 heterocycles. The lowest BCUT2D eigenvalue weighted by Crippen LogP contribution is -2.21. The molecule has 4 nitrogen and oxygen atoms in total. The molecule has 0 radical (unpaired) electrons. The average molecular weight is 300 g/mol. The molecule has 4 heteroatoms. The average Bonchev–Trinajstić information content (AvgIpc) is 2.54. The van der Waals surface area contributed by atoms with Crippen LogP contribution in [0.1, 0.15) is 11.1 Å². The molecule has 118 valence electrons. The smallest absolute Gasteiger partial charge is 0.161 e. The van der Waals surface area contributed by atoms with Gasteiger partial charge < -0.3 is 20.1 Å². The number of ether oxygens (including phenoxy) is 2. The highest BCUT2D eigenvalue weighted by molar-refractivity contribution is 5.46. The van der Waals surface area contributed by atoms with E-state index in [1.165, 1.54) is 11.1 Å². The molecule has 2 aromatic rings. The summed E-state index contributed by atoms with van der Waals surface area (Å²) in [5.41, 5.74) is 9.23. The quantitative estimate of drug-likeness (QED) is 0.799. The predicted molar refractivity (Wildman–Crippen MR) is 90.4 cm³/mol. The predicted octanol–water partition coefficient (Wildman–Crippen LogP) is 2.96. The number of hydrogen-bond acceptors (Lipinski definition) is 4. The van der Waals surface area contributed by atoms with E-state index in [0.717, 1.165) is 36.7 Å². The van der Waals surface area contributed by atoms with Gasteiger partial charge in [0.2, 0.25) is 0 Å². The number of para-hydroxylation sites is 1. The fraction of sp³-hybridized carbons (Fsp3) is 0.333. The number of methoxy groups -OCH3 is 2. The third-order valence-electron chi connectivity index (χ3n) is 3.72. The third kappa shape index (κ3) is 4.15. The number of likely N-dealkylation sites (N-methyl/N-ethyl adjacent to an activating group) is 1. The molecule has 0 aliphatic rings. The number of anilines is 1. The Morgan fingerprint density at radius 1 is 1.00 bits per heavy atom. The van der Waals surface area contributed by atoms with Crippen molar-refractivity contribution in [3.05, 3.63) is 53.6 Å². The Bertz CT molecular complexity index is 614. The largest absolute Gasteiger partial charge is 0.493 e. The van der Waals surface area contributed by atoms with Gasteiger partial charge in [0.25, 0.3) is 0 Å². The normalized spacial score (nSPS) is 10.7. The first-order valence-corrected chi connectivity index (χ1v) is 7.37. The van der Waals surface area contributed by atoms with Gasteiger partial charge in [-0.3, -0.25) is 0 Å². The Morgan fingerprint density at radius 3 is 2.41 bits per heavy atom. The van der Waals surface area contributed by atoms with Crippen LogP contribution in [0.2, 0.25) is 0 Å². The number of nitrogens with zero attached hydrogens (tertiary/aromatic N) is 1. The van der Waals surface area contributed by atoms with Gasteiger partial charge >= 0.3 is 0 Å². The van der Waals surface area contributed by atoms with Crippen LogP contribution in [0.25, 0.3) is 0 Å². The Kier molecular flexibility index (Phi) is 5.67. The summed E-state index contributed by atoms with van der Waals surface area (Å²) in [7, 11) is 5.41. The number of nitrogen functional groups attached to an aromatic ring is 1. The molecule has 0 unspecified atom stereocenters. The summed E-state index contributed by atoms with van der Waals surface area (Å²) in [5, 5.41) is 0. The van der Waals surface area contributed by atoms with Gasteiger partial charge in [0.1, 0.15) is 0 Å². The molecule has 0 aliphatic heterocycles. The number of nitrogens with two attached hydrogens (primary N) is 1. The van der Waals surface area contributed by atoms with Crippen LogP contribution in [0, 0.1) is 0 Å². The molecule has 2 aromatic carbocycles. The van der Waals surface area contributed by atoms with Gasteiger partial charge in [-0.05, 0) is 42.8 Å². The van der Waals surface area contributed by atoms with Crippen molar-refractivity contribution in [1.82, 2.24) is 4.90 Å². The van der Waals surface area contributed by atoms with Crippen molar-refractivity contribution in [2.75, 3.05) is 33.5 Å². The minimum absolute atomic E-state index is 0.756. The standard InChI is InChI=1S/C18H24N2O2/c1-20(11-10-15-6-4-5-7-16(15)19)13-14-8-9-17(21-2)18(12-14)22-3/h4-9,12H,10-11,13,19H2,1-3H3. The number of hydrogen-bond donors (Lipinski definition) is 1. The Labute approximate surface area is 132 Å². The molecule has 2 rings (SSSR count). The summed E-state index contributed by atoms with van der Waals surface area (Å²) in [6.07, 6.45) is 0.941. The van der Waals surface area contributed by atoms with Crippen LogP contribution in [-0.2, 0) is 13.0 Å². The van der Waals surface area contributed by atoms with Crippen molar-refractivity contribution in [3.8, 4) is 11.5 Å². The van der Waals surface area contributed by atoms with E-state index in [1.807, 2.05) is 30.3 Å². The van der Waals surface area contributed by atoms with E-state index in [1.54, 1.807) is 14.2 Å². The maximum atomic E-state index is 5.98. The van der Waals surface area contributed by atoms with E-state index in [0.29, 0.717) is 0 Å². The van der Waals surface area contributed by atoms with Gasteiger partial charge in [-0.2, -0.15) is 0 Å². The lowest BCUT2D eigenvalue weighted by molar-refractivity contribution is 0.327. The van der Waals surface area contributed by atoms with Crippen LogP contribution in [0.3, 0.4) is 0 Å². The van der Waals surface area contributed by atoms with Gasteiger partial charge in [0.15, 0.2) is 11.5 Å². The van der Waals surface area contributed by atoms with Gasteiger partial charge in [0, 0.05) is 18.8 Å². The molecule has 0 fully saturated rings. The first-order valence-electron chi connectivity index (χ1n) is 7.37. The molecule has 0 saturated carbocycles. The van der Waals surface area contributed by atoms with Crippen LogP contribution >= 0.6 is 0 Å². The first kappa shape index (κ1) is 16.2. The molecule has 0 saturated heterocycles. The second-order valence-corrected chi connectivity index (χ2v) is 5.38. The highest BCUT2D eigenvalue weighted by atomic mass is 16.5. The van der Waals surface area contributed by atoms with E-state index < -0.39 is 0 Å². The fourth-order valence-corrected chi connectivity index (χ4v) is 2.44. The number of benzene rings is 2. The topological polar surface area (TPSA) is 47.7 Å². The summed E-state index contributed by atoms with van der Waals surface area (Å²) in [5.74, 6) is 1.52. The van der Waals surface area contributed by atoms with Gasteiger partial charge in [-0.1, -0.05) is 24.3 Å². The summed E-state index contributed by atoms with van der Waals surface area (Å²) in [4.78, 5) is 2.27. The minimum Gasteiger partial charge on any atom is -0.493 e. The van der Waals surface area contributed by atoms with Crippen LogP contribution in [-0.4, -0.2) is 32.7 Å². The maximum absolute atomic E-state index is 5.98. The van der Waals surface area contributed by atoms with Crippen molar-refractivity contribution < 1.29 is 9.47 Å². The molecule has 0 aliphatic carbocycles. The molecule has 0 aromatic heterocycles. The zero-order valence-corrected chi connectivity index (χ0v) is 13.5. The summed E-state index contributed by atoms with van der Waals surface area (Å²) in [6.45, 7) is 1.80. The molecule has 0 atom stereocenters. The van der Waals surface area contributed by atoms with Crippen LogP contribution in [0.4, 0.5) is 5.69 Å². The second-order valence-electron chi connectivity index (χ2n) is 5.38. The minimum atomic E-state index is 0.756. The number of rotatable bonds is 7. The van der Waals surface area contributed by atoms with E-state index in [9.17, 15) is 0 Å². The zero-order chi connectivity index (χ0) is 15.9. The summed E-state index contributed by atoms with van der Waals surface area (Å²) < 4.78 is 10.6. The van der Waals surface area contributed by atoms with Gasteiger partial charge in [-0.25, -0.2) is 0 Å². The molecule has 2 N–H and O–H groups in total. The van der Waals surface area contributed by atoms with E-state index in [2.05, 4.69) is 24.1 Å². The van der Waals surface area contributed by atoms with Crippen molar-refractivity contribution in [1.29, 1.82) is 0 Å². The zero-order valence-electron chi connectivity index (χ0n) is 13.5. The van der Waals surface area contributed by atoms with E-state index in [-0.39, 0.29) is 0 Å². The van der Waals surface area contributed by atoms with Crippen LogP contribution in [0.15, 0.2) is 42.5 Å². The second kappa shape index (κ2) is 7.71. The molecule has 22 heavy (non-hydrogen) atoms. The molecular weight excluding hydrogens is 276 g/mol. The van der Waals surface area contributed by atoms with Gasteiger partial charge in [0.05, 0.1) is 14.2 Å². The van der Waals surface area contributed by atoms with Crippen molar-refractivity contribution in [2.24, 2.45) is 0 Å². The summed E-state index contributed by atoms with van der Waals surface area (Å²) in [6, 6.07) is 14.0. The Hall–Kier alpha value is -2.20. The van der Waals surface area contributed by atoms with E-state index in [4.69, 9.17) is 15.2 Å². The first-order chi connectivity index (χ1) is 10.6.